The monoisotopic (exact) mass is 395 g/mol. The molecule has 1 heterocycles. The average molecular weight is 396 g/mol. The number of piperazine rings is 1. The maximum Gasteiger partial charge on any atom is 0.239 e. The lowest BCUT2D eigenvalue weighted by Gasteiger charge is -2.38. The van der Waals surface area contributed by atoms with E-state index in [0.717, 1.165) is 45.4 Å². The van der Waals surface area contributed by atoms with Gasteiger partial charge in [0.25, 0.3) is 0 Å². The molecule has 1 atom stereocenters. The Labute approximate surface area is 173 Å². The molecule has 6 heteroatoms. The molecule has 1 aliphatic heterocycles. The summed E-state index contributed by atoms with van der Waals surface area (Å²) < 4.78 is 0. The Morgan fingerprint density at radius 1 is 1.21 bits per heavy atom. The van der Waals surface area contributed by atoms with E-state index in [1.165, 1.54) is 16.3 Å². The number of rotatable bonds is 8. The number of guanidine groups is 1. The van der Waals surface area contributed by atoms with Crippen LogP contribution >= 0.6 is 0 Å². The first kappa shape index (κ1) is 21.1. The SMILES string of the molecule is CCNC(N)=NCCC[C@H]1C(=O)N(CCc2ccc3ccccc3c2)CCN1C. The highest BCUT2D eigenvalue weighted by Gasteiger charge is 2.31. The number of carbonyl (C=O) groups is 1. The van der Waals surface area contributed by atoms with Gasteiger partial charge in [-0.25, -0.2) is 0 Å². The van der Waals surface area contributed by atoms with Gasteiger partial charge in [0.15, 0.2) is 5.96 Å². The molecule has 29 heavy (non-hydrogen) atoms. The van der Waals surface area contributed by atoms with Crippen LogP contribution in [-0.2, 0) is 11.2 Å². The Bertz CT molecular complexity index is 850. The Hall–Kier alpha value is -2.60. The average Bonchev–Trinajstić information content (AvgIpc) is 2.72. The molecule has 156 valence electrons. The smallest absolute Gasteiger partial charge is 0.239 e. The zero-order valence-corrected chi connectivity index (χ0v) is 17.6. The van der Waals surface area contributed by atoms with Crippen LogP contribution in [0.5, 0.6) is 0 Å². The third-order valence-corrected chi connectivity index (χ3v) is 5.61. The van der Waals surface area contributed by atoms with E-state index in [1.54, 1.807) is 0 Å². The minimum Gasteiger partial charge on any atom is -0.370 e. The number of benzene rings is 2. The van der Waals surface area contributed by atoms with Crippen molar-refractivity contribution in [2.45, 2.75) is 32.2 Å². The molecule has 0 aliphatic carbocycles. The highest BCUT2D eigenvalue weighted by molar-refractivity contribution is 5.83. The van der Waals surface area contributed by atoms with Crippen molar-refractivity contribution >= 4 is 22.6 Å². The molecule has 2 aromatic rings. The quantitative estimate of drug-likeness (QED) is 0.408. The molecular formula is C23H33N5O. The Kier molecular flexibility index (Phi) is 7.47. The predicted molar refractivity (Wildman–Crippen MR) is 120 cm³/mol. The number of fused-ring (bicyclic) bond motifs is 1. The Balaban J connectivity index is 1.53. The summed E-state index contributed by atoms with van der Waals surface area (Å²) in [6.45, 7) is 5.89. The van der Waals surface area contributed by atoms with Crippen molar-refractivity contribution in [3.05, 3.63) is 48.0 Å². The van der Waals surface area contributed by atoms with Gasteiger partial charge >= 0.3 is 0 Å². The summed E-state index contributed by atoms with van der Waals surface area (Å²) in [5.74, 6) is 0.719. The number of likely N-dealkylation sites (N-methyl/N-ethyl adjacent to an activating group) is 1. The fourth-order valence-electron chi connectivity index (χ4n) is 3.89. The second kappa shape index (κ2) is 10.3. The zero-order valence-electron chi connectivity index (χ0n) is 17.6. The van der Waals surface area contributed by atoms with Crippen molar-refractivity contribution in [3.63, 3.8) is 0 Å². The fraction of sp³-hybridized carbons (Fsp3) is 0.478. The molecule has 0 spiro atoms. The van der Waals surface area contributed by atoms with Crippen LogP contribution in [-0.4, -0.2) is 67.5 Å². The number of carbonyl (C=O) groups excluding carboxylic acids is 1. The number of aliphatic imine (C=N–C) groups is 1. The molecule has 0 saturated carbocycles. The summed E-state index contributed by atoms with van der Waals surface area (Å²) in [5.41, 5.74) is 7.04. The van der Waals surface area contributed by atoms with E-state index in [4.69, 9.17) is 5.73 Å². The molecule has 2 aromatic carbocycles. The summed E-state index contributed by atoms with van der Waals surface area (Å²) in [6, 6.07) is 14.9. The van der Waals surface area contributed by atoms with Crippen LogP contribution in [0.25, 0.3) is 10.8 Å². The van der Waals surface area contributed by atoms with Gasteiger partial charge in [0.1, 0.15) is 0 Å². The maximum absolute atomic E-state index is 13.0. The first-order valence-corrected chi connectivity index (χ1v) is 10.6. The second-order valence-electron chi connectivity index (χ2n) is 7.69. The van der Waals surface area contributed by atoms with Crippen molar-refractivity contribution in [3.8, 4) is 0 Å². The fourth-order valence-corrected chi connectivity index (χ4v) is 3.89. The molecule has 0 unspecified atom stereocenters. The Morgan fingerprint density at radius 3 is 2.79 bits per heavy atom. The van der Waals surface area contributed by atoms with Gasteiger partial charge in [0.05, 0.1) is 6.04 Å². The van der Waals surface area contributed by atoms with Gasteiger partial charge in [-0.05, 0) is 49.6 Å². The number of nitrogens with two attached hydrogens (primary N) is 1. The third kappa shape index (κ3) is 5.70. The normalized spacial score (nSPS) is 18.4. The minimum atomic E-state index is -0.0593. The second-order valence-corrected chi connectivity index (χ2v) is 7.69. The highest BCUT2D eigenvalue weighted by Crippen LogP contribution is 2.18. The van der Waals surface area contributed by atoms with E-state index in [0.29, 0.717) is 12.5 Å². The van der Waals surface area contributed by atoms with E-state index in [1.807, 2.05) is 18.9 Å². The standard InChI is InChI=1S/C23H33N5O/c1-3-25-23(24)26-13-6-9-21-22(29)28(16-15-27(21)2)14-12-18-10-11-19-7-4-5-8-20(19)17-18/h4-5,7-8,10-11,17,21H,3,6,9,12-16H2,1-2H3,(H3,24,25,26)/t21-/m0/s1. The molecule has 1 saturated heterocycles. The summed E-state index contributed by atoms with van der Waals surface area (Å²) in [5, 5.41) is 5.50. The molecule has 1 aliphatic rings. The van der Waals surface area contributed by atoms with E-state index in [9.17, 15) is 4.79 Å². The molecule has 3 rings (SSSR count). The van der Waals surface area contributed by atoms with Gasteiger partial charge in [0.2, 0.25) is 5.91 Å². The van der Waals surface area contributed by atoms with Crippen LogP contribution in [0.4, 0.5) is 0 Å². The van der Waals surface area contributed by atoms with Crippen LogP contribution in [0.1, 0.15) is 25.3 Å². The van der Waals surface area contributed by atoms with Gasteiger partial charge in [-0.2, -0.15) is 0 Å². The summed E-state index contributed by atoms with van der Waals surface area (Å²) in [6.07, 6.45) is 2.55. The van der Waals surface area contributed by atoms with Gasteiger partial charge in [-0.1, -0.05) is 42.5 Å². The largest absolute Gasteiger partial charge is 0.370 e. The predicted octanol–water partition coefficient (Wildman–Crippen LogP) is 2.23. The molecule has 1 fully saturated rings. The van der Waals surface area contributed by atoms with Crippen LogP contribution in [0, 0.1) is 0 Å². The zero-order chi connectivity index (χ0) is 20.6. The minimum absolute atomic E-state index is 0.0593. The van der Waals surface area contributed by atoms with E-state index >= 15 is 0 Å². The lowest BCUT2D eigenvalue weighted by Crippen LogP contribution is -2.55. The van der Waals surface area contributed by atoms with Crippen molar-refractivity contribution in [1.82, 2.24) is 15.1 Å². The van der Waals surface area contributed by atoms with Gasteiger partial charge in [0, 0.05) is 32.7 Å². The molecule has 6 nitrogen and oxygen atoms in total. The van der Waals surface area contributed by atoms with Crippen LogP contribution < -0.4 is 11.1 Å². The highest BCUT2D eigenvalue weighted by atomic mass is 16.2. The third-order valence-electron chi connectivity index (χ3n) is 5.61. The first-order chi connectivity index (χ1) is 14.1. The molecular weight excluding hydrogens is 362 g/mol. The van der Waals surface area contributed by atoms with Gasteiger partial charge in [-0.3, -0.25) is 14.7 Å². The Morgan fingerprint density at radius 2 is 2.00 bits per heavy atom. The summed E-state index contributed by atoms with van der Waals surface area (Å²) >= 11 is 0. The lowest BCUT2D eigenvalue weighted by atomic mass is 10.0. The van der Waals surface area contributed by atoms with E-state index in [-0.39, 0.29) is 11.9 Å². The van der Waals surface area contributed by atoms with Crippen LogP contribution in [0.3, 0.4) is 0 Å². The lowest BCUT2D eigenvalue weighted by molar-refractivity contribution is -0.141. The molecule has 0 aromatic heterocycles. The van der Waals surface area contributed by atoms with E-state index < -0.39 is 0 Å². The van der Waals surface area contributed by atoms with Gasteiger partial charge < -0.3 is 16.0 Å². The van der Waals surface area contributed by atoms with Crippen LogP contribution in [0.15, 0.2) is 47.5 Å². The topological polar surface area (TPSA) is 74.0 Å². The molecule has 3 N–H and O–H groups in total. The van der Waals surface area contributed by atoms with Crippen molar-refractivity contribution < 1.29 is 4.79 Å². The summed E-state index contributed by atoms with van der Waals surface area (Å²) in [4.78, 5) is 21.5. The molecule has 0 bridgehead atoms. The van der Waals surface area contributed by atoms with Gasteiger partial charge in [-0.15, -0.1) is 0 Å². The van der Waals surface area contributed by atoms with Crippen LogP contribution in [0.2, 0.25) is 0 Å². The summed E-state index contributed by atoms with van der Waals surface area (Å²) in [7, 11) is 2.04. The van der Waals surface area contributed by atoms with Crippen molar-refractivity contribution in [2.75, 3.05) is 39.8 Å². The number of amides is 1. The number of hydrogen-bond acceptors (Lipinski definition) is 3. The van der Waals surface area contributed by atoms with Crippen molar-refractivity contribution in [2.24, 2.45) is 10.7 Å². The van der Waals surface area contributed by atoms with E-state index in [2.05, 4.69) is 57.7 Å². The molecule has 0 radical (unpaired) electrons. The number of nitrogens with zero attached hydrogens (tertiary/aromatic N) is 3. The number of hydrogen-bond donors (Lipinski definition) is 2. The van der Waals surface area contributed by atoms with Crippen molar-refractivity contribution in [1.29, 1.82) is 0 Å². The number of nitrogens with one attached hydrogen (secondary N) is 1. The first-order valence-electron chi connectivity index (χ1n) is 10.6. The molecule has 1 amide bonds. The maximum atomic E-state index is 13.0.